The topological polar surface area (TPSA) is 158 Å². The Bertz CT molecular complexity index is 1290. The number of pyridine rings is 1. The van der Waals surface area contributed by atoms with Gasteiger partial charge in [0.2, 0.25) is 5.96 Å². The first-order chi connectivity index (χ1) is 15.5. The molecule has 0 amide bonds. The molecule has 32 heavy (non-hydrogen) atoms. The quantitative estimate of drug-likeness (QED) is 0.321. The lowest BCUT2D eigenvalue weighted by atomic mass is 9.95. The first-order valence-corrected chi connectivity index (χ1v) is 10.3. The number of nitrogens with two attached hydrogens (primary N) is 2. The maximum Gasteiger partial charge on any atom is 0.211 e. The van der Waals surface area contributed by atoms with E-state index in [1.54, 1.807) is 0 Å². The largest absolute Gasteiger partial charge is 0.488 e. The molecular weight excluding hydrogens is 472 g/mol. The van der Waals surface area contributed by atoms with E-state index in [4.69, 9.17) is 21.5 Å². The zero-order valence-corrected chi connectivity index (χ0v) is 18.2. The van der Waals surface area contributed by atoms with Crippen LogP contribution in [-0.2, 0) is 6.61 Å². The maximum absolute atomic E-state index is 9.46. The van der Waals surface area contributed by atoms with Gasteiger partial charge in [-0.2, -0.15) is 10.5 Å². The van der Waals surface area contributed by atoms with Gasteiger partial charge in [-0.25, -0.2) is 9.98 Å². The standard InChI is InChI=1S/C22H17BrN8O/c23-15-7-6-13(8-16(15)32-10-12-4-2-1-3-5-12)19-17-18(26)14(9-24)20(27)30-21(17)31-22(29-19)28-11-25/h1-8,19H,10H2,(H6,26,27,28,29,30,31). The van der Waals surface area contributed by atoms with Crippen molar-refractivity contribution in [3.63, 3.8) is 0 Å². The van der Waals surface area contributed by atoms with E-state index in [9.17, 15) is 5.26 Å². The lowest BCUT2D eigenvalue weighted by molar-refractivity contribution is 0.304. The number of guanidine groups is 1. The minimum Gasteiger partial charge on any atom is -0.488 e. The minimum absolute atomic E-state index is 0.00380. The van der Waals surface area contributed by atoms with Crippen LogP contribution < -0.4 is 26.8 Å². The average Bonchev–Trinajstić information content (AvgIpc) is 2.79. The van der Waals surface area contributed by atoms with Crippen molar-refractivity contribution in [3.8, 4) is 18.0 Å². The number of fused-ring (bicyclic) bond motifs is 1. The van der Waals surface area contributed by atoms with Gasteiger partial charge >= 0.3 is 0 Å². The molecule has 2 aromatic carbocycles. The van der Waals surface area contributed by atoms with Crippen LogP contribution in [0.15, 0.2) is 58.0 Å². The van der Waals surface area contributed by atoms with E-state index in [-0.39, 0.29) is 23.0 Å². The van der Waals surface area contributed by atoms with Crippen LogP contribution in [0.5, 0.6) is 5.75 Å². The second-order valence-corrected chi connectivity index (χ2v) is 7.72. The molecule has 0 aliphatic carbocycles. The van der Waals surface area contributed by atoms with Crippen LogP contribution in [0.25, 0.3) is 0 Å². The molecular formula is C22H17BrN8O. The number of benzene rings is 2. The molecule has 1 atom stereocenters. The van der Waals surface area contributed by atoms with Crippen molar-refractivity contribution in [2.45, 2.75) is 12.6 Å². The number of nitriles is 2. The zero-order valence-electron chi connectivity index (χ0n) is 16.6. The molecule has 0 spiro atoms. The highest BCUT2D eigenvalue weighted by atomic mass is 79.9. The molecule has 3 aromatic rings. The summed E-state index contributed by atoms with van der Waals surface area (Å²) in [6, 6.07) is 16.7. The molecule has 4 rings (SSSR count). The molecule has 9 nitrogen and oxygen atoms in total. The van der Waals surface area contributed by atoms with Gasteiger partial charge in [-0.1, -0.05) is 36.4 Å². The number of aliphatic imine (C=N–C) groups is 1. The number of nitrogen functional groups attached to an aromatic ring is 2. The molecule has 2 heterocycles. The van der Waals surface area contributed by atoms with Gasteiger partial charge in [0.1, 0.15) is 41.7 Å². The third-order valence-electron chi connectivity index (χ3n) is 4.87. The highest BCUT2D eigenvalue weighted by Crippen LogP contribution is 2.42. The van der Waals surface area contributed by atoms with E-state index in [0.717, 1.165) is 15.6 Å². The lowest BCUT2D eigenvalue weighted by Crippen LogP contribution is -2.32. The zero-order chi connectivity index (χ0) is 22.7. The lowest BCUT2D eigenvalue weighted by Gasteiger charge is -2.26. The molecule has 1 aromatic heterocycles. The summed E-state index contributed by atoms with van der Waals surface area (Å²) in [6.45, 7) is 0.384. The van der Waals surface area contributed by atoms with Gasteiger partial charge in [0, 0.05) is 5.56 Å². The first kappa shape index (κ1) is 21.0. The Labute approximate surface area is 192 Å². The van der Waals surface area contributed by atoms with E-state index in [1.165, 1.54) is 0 Å². The second-order valence-electron chi connectivity index (χ2n) is 6.87. The van der Waals surface area contributed by atoms with Gasteiger partial charge in [-0.15, -0.1) is 0 Å². The molecule has 0 bridgehead atoms. The van der Waals surface area contributed by atoms with Crippen molar-refractivity contribution in [2.75, 3.05) is 16.8 Å². The van der Waals surface area contributed by atoms with Crippen LogP contribution in [0, 0.1) is 22.8 Å². The summed E-state index contributed by atoms with van der Waals surface area (Å²) in [6.07, 6.45) is 1.83. The number of halogens is 1. The van der Waals surface area contributed by atoms with E-state index >= 15 is 0 Å². The van der Waals surface area contributed by atoms with E-state index < -0.39 is 6.04 Å². The second kappa shape index (κ2) is 8.84. The third-order valence-corrected chi connectivity index (χ3v) is 5.52. The van der Waals surface area contributed by atoms with E-state index in [0.29, 0.717) is 23.7 Å². The first-order valence-electron chi connectivity index (χ1n) is 9.46. The fourth-order valence-electron chi connectivity index (χ4n) is 3.36. The number of nitrogens with zero attached hydrogens (tertiary/aromatic N) is 4. The van der Waals surface area contributed by atoms with E-state index in [2.05, 4.69) is 36.5 Å². The Morgan fingerprint density at radius 1 is 1.16 bits per heavy atom. The van der Waals surface area contributed by atoms with Crippen LogP contribution in [0.3, 0.4) is 0 Å². The molecule has 0 radical (unpaired) electrons. The van der Waals surface area contributed by atoms with Crippen molar-refractivity contribution in [3.05, 3.63) is 75.3 Å². The summed E-state index contributed by atoms with van der Waals surface area (Å²) >= 11 is 3.52. The van der Waals surface area contributed by atoms with Gasteiger partial charge in [-0.05, 0) is 39.2 Å². The van der Waals surface area contributed by atoms with Crippen molar-refractivity contribution in [1.29, 1.82) is 10.5 Å². The minimum atomic E-state index is -0.644. The summed E-state index contributed by atoms with van der Waals surface area (Å²) in [5, 5.41) is 23.9. The number of hydrogen-bond acceptors (Lipinski definition) is 9. The molecule has 0 saturated heterocycles. The van der Waals surface area contributed by atoms with E-state index in [1.807, 2.05) is 60.8 Å². The van der Waals surface area contributed by atoms with Crippen LogP contribution in [-0.4, -0.2) is 10.9 Å². The van der Waals surface area contributed by atoms with Crippen LogP contribution in [0.4, 0.5) is 17.3 Å². The summed E-state index contributed by atoms with van der Waals surface area (Å²) in [4.78, 5) is 8.83. The summed E-state index contributed by atoms with van der Waals surface area (Å²) in [7, 11) is 0. The number of rotatable bonds is 4. The fraction of sp³-hybridized carbons (Fsp3) is 0.0909. The van der Waals surface area contributed by atoms with Crippen LogP contribution >= 0.6 is 15.9 Å². The molecule has 1 aliphatic rings. The third kappa shape index (κ3) is 4.00. The smallest absolute Gasteiger partial charge is 0.211 e. The van der Waals surface area contributed by atoms with Crippen molar-refractivity contribution < 1.29 is 4.74 Å². The summed E-state index contributed by atoms with van der Waals surface area (Å²) in [5.41, 5.74) is 14.7. The highest BCUT2D eigenvalue weighted by Gasteiger charge is 2.30. The Morgan fingerprint density at radius 2 is 1.94 bits per heavy atom. The number of aromatic nitrogens is 1. The summed E-state index contributed by atoms with van der Waals surface area (Å²) < 4.78 is 6.78. The van der Waals surface area contributed by atoms with Gasteiger partial charge in [0.05, 0.1) is 10.2 Å². The Hall–Kier alpha value is -4.28. The Morgan fingerprint density at radius 3 is 2.66 bits per heavy atom. The van der Waals surface area contributed by atoms with Gasteiger partial charge in [-0.3, -0.25) is 5.32 Å². The molecule has 10 heteroatoms. The molecule has 0 fully saturated rings. The van der Waals surface area contributed by atoms with Crippen LogP contribution in [0.1, 0.15) is 28.3 Å². The number of anilines is 3. The van der Waals surface area contributed by atoms with Crippen molar-refractivity contribution in [1.82, 2.24) is 10.3 Å². The number of nitrogens with one attached hydrogen (secondary N) is 2. The fourth-order valence-corrected chi connectivity index (χ4v) is 3.72. The molecule has 158 valence electrons. The number of hydrogen-bond donors (Lipinski definition) is 4. The molecule has 1 unspecified atom stereocenters. The van der Waals surface area contributed by atoms with Gasteiger partial charge in [0.25, 0.3) is 0 Å². The highest BCUT2D eigenvalue weighted by molar-refractivity contribution is 9.10. The monoisotopic (exact) mass is 488 g/mol. The van der Waals surface area contributed by atoms with Crippen molar-refractivity contribution in [2.24, 2.45) is 4.99 Å². The Balaban J connectivity index is 1.77. The maximum atomic E-state index is 9.46. The SMILES string of the molecule is N#CNC1=NC(c2ccc(Br)c(OCc3ccccc3)c2)c2c(nc(N)c(C#N)c2N)N1. The normalized spacial score (nSPS) is 14.2. The van der Waals surface area contributed by atoms with Crippen molar-refractivity contribution >= 4 is 39.2 Å². The predicted octanol–water partition coefficient (Wildman–Crippen LogP) is 3.40. The van der Waals surface area contributed by atoms with Gasteiger partial charge in [0.15, 0.2) is 6.19 Å². The Kier molecular flexibility index (Phi) is 5.79. The summed E-state index contributed by atoms with van der Waals surface area (Å²) in [5.74, 6) is 1.12. The average molecular weight is 489 g/mol. The number of ether oxygens (including phenoxy) is 1. The molecule has 6 N–H and O–H groups in total. The van der Waals surface area contributed by atoms with Crippen LogP contribution in [0.2, 0.25) is 0 Å². The predicted molar refractivity (Wildman–Crippen MR) is 124 cm³/mol. The molecule has 1 aliphatic heterocycles. The molecule has 0 saturated carbocycles. The van der Waals surface area contributed by atoms with Gasteiger partial charge < -0.3 is 21.5 Å².